The van der Waals surface area contributed by atoms with Crippen molar-refractivity contribution in [2.45, 2.75) is 88.3 Å². The number of nitrogens with zero attached hydrogens (tertiary/aromatic N) is 3. The summed E-state index contributed by atoms with van der Waals surface area (Å²) in [7, 11) is 0. The molecular formula is C22H34N4O6. The molecule has 32 heavy (non-hydrogen) atoms. The SMILES string of the molecule is CC1(C)O[C@@H]2[C@@H](CO[C@@]3(CN4CC(NCC(=O)N5CCC[C@H]5C#N)C4)OC(C)(C)O[C@@H]23)O1. The van der Waals surface area contributed by atoms with Gasteiger partial charge in [-0.2, -0.15) is 5.26 Å². The van der Waals surface area contributed by atoms with Gasteiger partial charge in [-0.3, -0.25) is 9.69 Å². The topological polar surface area (TPSA) is 106 Å². The number of likely N-dealkylation sites (tertiary alicyclic amines) is 2. The summed E-state index contributed by atoms with van der Waals surface area (Å²) in [5, 5.41) is 12.5. The van der Waals surface area contributed by atoms with Gasteiger partial charge in [0.1, 0.15) is 24.4 Å². The summed E-state index contributed by atoms with van der Waals surface area (Å²) in [6.07, 6.45) is 0.859. The van der Waals surface area contributed by atoms with E-state index in [1.807, 2.05) is 27.7 Å². The first-order valence-corrected chi connectivity index (χ1v) is 11.6. The lowest BCUT2D eigenvalue weighted by molar-refractivity contribution is -0.289. The molecule has 1 N–H and O–H groups in total. The maximum Gasteiger partial charge on any atom is 0.237 e. The molecule has 0 unspecified atom stereocenters. The van der Waals surface area contributed by atoms with Crippen LogP contribution < -0.4 is 5.32 Å². The number of hydrogen-bond acceptors (Lipinski definition) is 9. The van der Waals surface area contributed by atoms with Gasteiger partial charge < -0.3 is 33.9 Å². The molecule has 1 amide bonds. The fourth-order valence-corrected chi connectivity index (χ4v) is 5.63. The molecule has 178 valence electrons. The molecule has 5 fully saturated rings. The Kier molecular flexibility index (Phi) is 5.53. The number of amides is 1. The van der Waals surface area contributed by atoms with Crippen molar-refractivity contribution in [3.05, 3.63) is 0 Å². The second-order valence-corrected chi connectivity index (χ2v) is 10.4. The van der Waals surface area contributed by atoms with E-state index in [0.717, 1.165) is 25.9 Å². The quantitative estimate of drug-likeness (QED) is 0.628. The van der Waals surface area contributed by atoms with E-state index in [0.29, 0.717) is 19.7 Å². The van der Waals surface area contributed by atoms with Crippen molar-refractivity contribution in [1.82, 2.24) is 15.1 Å². The van der Waals surface area contributed by atoms with Gasteiger partial charge in [0.25, 0.3) is 0 Å². The first kappa shape index (κ1) is 22.5. The zero-order valence-corrected chi connectivity index (χ0v) is 19.3. The Hall–Kier alpha value is -1.32. The van der Waals surface area contributed by atoms with Crippen molar-refractivity contribution >= 4 is 5.91 Å². The van der Waals surface area contributed by atoms with Crippen molar-refractivity contribution in [2.24, 2.45) is 0 Å². The molecule has 5 rings (SSSR count). The molecular weight excluding hydrogens is 416 g/mol. The number of carbonyl (C=O) groups excluding carboxylic acids is 1. The summed E-state index contributed by atoms with van der Waals surface area (Å²) in [6, 6.07) is 2.16. The Morgan fingerprint density at radius 3 is 2.69 bits per heavy atom. The monoisotopic (exact) mass is 450 g/mol. The minimum absolute atomic E-state index is 0.00286. The number of rotatable bonds is 5. The highest BCUT2D eigenvalue weighted by atomic mass is 16.9. The zero-order valence-electron chi connectivity index (χ0n) is 19.3. The Morgan fingerprint density at radius 2 is 1.94 bits per heavy atom. The first-order chi connectivity index (χ1) is 15.1. The van der Waals surface area contributed by atoms with E-state index in [4.69, 9.17) is 23.7 Å². The normalized spacial score (nSPS) is 40.5. The molecule has 0 spiro atoms. The number of carbonyl (C=O) groups is 1. The molecule has 5 saturated heterocycles. The fourth-order valence-electron chi connectivity index (χ4n) is 5.63. The third kappa shape index (κ3) is 4.05. The van der Waals surface area contributed by atoms with Crippen LogP contribution in [-0.2, 0) is 28.5 Å². The van der Waals surface area contributed by atoms with Crippen LogP contribution in [0.15, 0.2) is 0 Å². The standard InChI is InChI=1S/C22H34N4O6/c1-20(2)29-16-12-28-22(19(18(16)30-20)31-21(3,4)32-22)13-25-10-14(11-25)24-9-17(27)26-7-5-6-15(26)8-23/h14-16,18-19,24H,5-7,9-13H2,1-4H3/t15-,16+,18+,19-,22-/m0/s1. The van der Waals surface area contributed by atoms with Gasteiger partial charge in [0, 0.05) is 25.7 Å². The molecule has 5 heterocycles. The number of fused-ring (bicyclic) bond motifs is 3. The lowest BCUT2D eigenvalue weighted by Crippen LogP contribution is -2.67. The molecule has 0 aromatic heterocycles. The van der Waals surface area contributed by atoms with Gasteiger partial charge in [0.15, 0.2) is 11.6 Å². The van der Waals surface area contributed by atoms with Crippen LogP contribution in [0.1, 0.15) is 40.5 Å². The zero-order chi connectivity index (χ0) is 22.7. The van der Waals surface area contributed by atoms with Gasteiger partial charge in [-0.25, -0.2) is 0 Å². The van der Waals surface area contributed by atoms with Gasteiger partial charge in [0.05, 0.1) is 25.8 Å². The maximum absolute atomic E-state index is 12.5. The van der Waals surface area contributed by atoms with E-state index in [1.165, 1.54) is 0 Å². The van der Waals surface area contributed by atoms with Crippen LogP contribution >= 0.6 is 0 Å². The van der Waals surface area contributed by atoms with Crippen LogP contribution in [-0.4, -0.2) is 103 Å². The third-order valence-electron chi connectivity index (χ3n) is 6.94. The highest BCUT2D eigenvalue weighted by Gasteiger charge is 2.65. The molecule has 0 radical (unpaired) electrons. The van der Waals surface area contributed by atoms with Gasteiger partial charge in [0.2, 0.25) is 11.7 Å². The molecule has 10 heteroatoms. The third-order valence-corrected chi connectivity index (χ3v) is 6.94. The van der Waals surface area contributed by atoms with Crippen molar-refractivity contribution in [3.63, 3.8) is 0 Å². The number of nitrogens with one attached hydrogen (secondary N) is 1. The van der Waals surface area contributed by atoms with Crippen molar-refractivity contribution in [1.29, 1.82) is 5.26 Å². The summed E-state index contributed by atoms with van der Waals surface area (Å²) in [5.74, 6) is -2.37. The van der Waals surface area contributed by atoms with E-state index in [2.05, 4.69) is 16.3 Å². The van der Waals surface area contributed by atoms with Crippen LogP contribution in [0.25, 0.3) is 0 Å². The molecule has 0 bridgehead atoms. The van der Waals surface area contributed by atoms with Crippen molar-refractivity contribution < 1.29 is 28.5 Å². The van der Waals surface area contributed by atoms with E-state index in [1.54, 1.807) is 4.90 Å². The lowest BCUT2D eigenvalue weighted by atomic mass is 9.95. The first-order valence-electron chi connectivity index (χ1n) is 11.6. The molecule has 10 nitrogen and oxygen atoms in total. The molecule has 0 aromatic carbocycles. The average molecular weight is 451 g/mol. The van der Waals surface area contributed by atoms with E-state index in [-0.39, 0.29) is 42.8 Å². The molecule has 0 aliphatic carbocycles. The summed E-state index contributed by atoms with van der Waals surface area (Å²) < 4.78 is 31.0. The smallest absolute Gasteiger partial charge is 0.237 e. The summed E-state index contributed by atoms with van der Waals surface area (Å²) in [4.78, 5) is 16.4. The van der Waals surface area contributed by atoms with Crippen LogP contribution in [0.4, 0.5) is 0 Å². The van der Waals surface area contributed by atoms with Crippen LogP contribution in [0.2, 0.25) is 0 Å². The van der Waals surface area contributed by atoms with Crippen LogP contribution in [0, 0.1) is 11.3 Å². The van der Waals surface area contributed by atoms with Crippen LogP contribution in [0.3, 0.4) is 0 Å². The number of ether oxygens (including phenoxy) is 5. The van der Waals surface area contributed by atoms with Crippen molar-refractivity contribution in [3.8, 4) is 6.07 Å². The lowest BCUT2D eigenvalue weighted by Gasteiger charge is -2.47. The molecule has 5 atom stereocenters. The number of hydrogen-bond donors (Lipinski definition) is 1. The second-order valence-electron chi connectivity index (χ2n) is 10.4. The summed E-state index contributed by atoms with van der Waals surface area (Å²) in [6.45, 7) is 11.1. The Morgan fingerprint density at radius 1 is 1.16 bits per heavy atom. The Bertz CT molecular complexity index is 794. The molecule has 0 aromatic rings. The highest BCUT2D eigenvalue weighted by Crippen LogP contribution is 2.48. The molecule has 0 saturated carbocycles. The predicted octanol–water partition coefficient (Wildman–Crippen LogP) is 0.173. The van der Waals surface area contributed by atoms with Gasteiger partial charge in [-0.05, 0) is 40.5 Å². The minimum atomic E-state index is -0.912. The van der Waals surface area contributed by atoms with Gasteiger partial charge in [-0.15, -0.1) is 0 Å². The summed E-state index contributed by atoms with van der Waals surface area (Å²) >= 11 is 0. The number of nitriles is 1. The Balaban J connectivity index is 1.15. The van der Waals surface area contributed by atoms with E-state index < -0.39 is 17.4 Å². The molecule has 5 aliphatic heterocycles. The summed E-state index contributed by atoms with van der Waals surface area (Å²) in [5.41, 5.74) is 0. The minimum Gasteiger partial charge on any atom is -0.343 e. The van der Waals surface area contributed by atoms with Gasteiger partial charge in [-0.1, -0.05) is 0 Å². The average Bonchev–Trinajstić information content (AvgIpc) is 3.35. The molecule has 5 aliphatic rings. The predicted molar refractivity (Wildman–Crippen MR) is 111 cm³/mol. The van der Waals surface area contributed by atoms with E-state index >= 15 is 0 Å². The largest absolute Gasteiger partial charge is 0.343 e. The Labute approximate surface area is 189 Å². The highest BCUT2D eigenvalue weighted by molar-refractivity contribution is 5.79. The maximum atomic E-state index is 12.5. The van der Waals surface area contributed by atoms with Crippen molar-refractivity contribution in [2.75, 3.05) is 39.3 Å². The van der Waals surface area contributed by atoms with E-state index in [9.17, 15) is 10.1 Å². The van der Waals surface area contributed by atoms with Crippen LogP contribution in [0.5, 0.6) is 0 Å². The van der Waals surface area contributed by atoms with Gasteiger partial charge >= 0.3 is 0 Å². The fraction of sp³-hybridized carbons (Fsp3) is 0.909. The second kappa shape index (κ2) is 7.87.